The highest BCUT2D eigenvalue weighted by Gasteiger charge is 2.16. The summed E-state index contributed by atoms with van der Waals surface area (Å²) in [5.41, 5.74) is 6.33. The van der Waals surface area contributed by atoms with Crippen molar-refractivity contribution in [2.24, 2.45) is 0 Å². The molecule has 0 saturated heterocycles. The van der Waals surface area contributed by atoms with Crippen LogP contribution in [0.15, 0.2) is 6.07 Å². The number of unbranched alkanes of at least 4 members (excludes halogenated alkanes) is 1. The van der Waals surface area contributed by atoms with Gasteiger partial charge < -0.3 is 15.4 Å². The van der Waals surface area contributed by atoms with Crippen LogP contribution in [0.25, 0.3) is 0 Å². The number of nitrogen functional groups attached to an aromatic ring is 1. The molecule has 0 atom stereocenters. The minimum Gasteiger partial charge on any atom is -0.462 e. The molecule has 1 rings (SSSR count). The summed E-state index contributed by atoms with van der Waals surface area (Å²) in [6.45, 7) is 5.28. The van der Waals surface area contributed by atoms with E-state index >= 15 is 0 Å². The molecule has 0 saturated carbocycles. The average molecular weight is 256 g/mol. The van der Waals surface area contributed by atoms with Crippen LogP contribution in [0.5, 0.6) is 0 Å². The third-order valence-electron chi connectivity index (χ3n) is 2.43. The summed E-state index contributed by atoms with van der Waals surface area (Å²) in [7, 11) is 2.01. The first kappa shape index (κ1) is 13.8. The third kappa shape index (κ3) is 3.63. The number of carbonyl (C=O) groups excluding carboxylic acids is 1. The van der Waals surface area contributed by atoms with Gasteiger partial charge >= 0.3 is 5.97 Å². The first-order chi connectivity index (χ1) is 8.10. The molecule has 0 fully saturated rings. The maximum absolute atomic E-state index is 11.6. The molecule has 0 unspecified atom stereocenters. The van der Waals surface area contributed by atoms with Crippen LogP contribution in [0.2, 0.25) is 0 Å². The lowest BCUT2D eigenvalue weighted by molar-refractivity contribution is 0.0533. The summed E-state index contributed by atoms with van der Waals surface area (Å²) in [5, 5.41) is 1.01. The van der Waals surface area contributed by atoms with Crippen molar-refractivity contribution >= 4 is 28.0 Å². The molecule has 0 radical (unpaired) electrons. The maximum atomic E-state index is 11.6. The van der Waals surface area contributed by atoms with Gasteiger partial charge in [-0.05, 0) is 19.4 Å². The number of nitrogens with two attached hydrogens (primary N) is 1. The number of esters is 1. The SMILES string of the molecule is CCCCN(C)c1cc(N)c(C(=O)OCC)s1. The van der Waals surface area contributed by atoms with E-state index in [0.717, 1.165) is 24.4 Å². The molecule has 2 N–H and O–H groups in total. The van der Waals surface area contributed by atoms with E-state index in [0.29, 0.717) is 17.2 Å². The molecule has 5 heteroatoms. The number of hydrogen-bond donors (Lipinski definition) is 1. The molecule has 0 bridgehead atoms. The number of nitrogens with zero attached hydrogens (tertiary/aromatic N) is 1. The summed E-state index contributed by atoms with van der Waals surface area (Å²) in [5.74, 6) is -0.329. The Morgan fingerprint density at radius 1 is 1.53 bits per heavy atom. The van der Waals surface area contributed by atoms with Crippen molar-refractivity contribution in [1.82, 2.24) is 0 Å². The van der Waals surface area contributed by atoms with Crippen LogP contribution in [0, 0.1) is 0 Å². The Bertz CT molecular complexity index is 377. The highest BCUT2D eigenvalue weighted by molar-refractivity contribution is 7.18. The van der Waals surface area contributed by atoms with Crippen molar-refractivity contribution in [3.8, 4) is 0 Å². The first-order valence-electron chi connectivity index (χ1n) is 5.87. The van der Waals surface area contributed by atoms with Crippen molar-refractivity contribution in [3.63, 3.8) is 0 Å². The van der Waals surface area contributed by atoms with Crippen LogP contribution < -0.4 is 10.6 Å². The lowest BCUT2D eigenvalue weighted by Crippen LogP contribution is -2.16. The van der Waals surface area contributed by atoms with Crippen LogP contribution in [-0.2, 0) is 4.74 Å². The van der Waals surface area contributed by atoms with Crippen molar-refractivity contribution in [3.05, 3.63) is 10.9 Å². The molecule has 1 heterocycles. The quantitative estimate of drug-likeness (QED) is 0.795. The van der Waals surface area contributed by atoms with E-state index in [-0.39, 0.29) is 5.97 Å². The Labute approximate surface area is 106 Å². The molecule has 0 aliphatic carbocycles. The molecular formula is C12H20N2O2S. The lowest BCUT2D eigenvalue weighted by Gasteiger charge is -2.15. The van der Waals surface area contributed by atoms with Crippen molar-refractivity contribution in [1.29, 1.82) is 0 Å². The Kier molecular flexibility index (Phi) is 5.28. The number of thiophene rings is 1. The molecule has 0 amide bonds. The maximum Gasteiger partial charge on any atom is 0.350 e. The van der Waals surface area contributed by atoms with Crippen LogP contribution in [0.1, 0.15) is 36.4 Å². The number of anilines is 2. The molecular weight excluding hydrogens is 236 g/mol. The average Bonchev–Trinajstić information content (AvgIpc) is 2.68. The van der Waals surface area contributed by atoms with E-state index in [2.05, 4.69) is 11.8 Å². The Morgan fingerprint density at radius 2 is 2.24 bits per heavy atom. The summed E-state index contributed by atoms with van der Waals surface area (Å²) in [6, 6.07) is 1.84. The Balaban J connectivity index is 2.76. The summed E-state index contributed by atoms with van der Waals surface area (Å²) >= 11 is 1.39. The highest BCUT2D eigenvalue weighted by Crippen LogP contribution is 2.32. The predicted molar refractivity (Wildman–Crippen MR) is 72.9 cm³/mol. The topological polar surface area (TPSA) is 55.6 Å². The van der Waals surface area contributed by atoms with Gasteiger partial charge in [-0.1, -0.05) is 13.3 Å². The number of rotatable bonds is 6. The number of carbonyl (C=O) groups is 1. The van der Waals surface area contributed by atoms with Crippen molar-refractivity contribution in [2.45, 2.75) is 26.7 Å². The second-order valence-electron chi connectivity index (χ2n) is 3.86. The predicted octanol–water partition coefficient (Wildman–Crippen LogP) is 2.74. The van der Waals surface area contributed by atoms with Gasteiger partial charge in [-0.25, -0.2) is 4.79 Å². The minimum atomic E-state index is -0.329. The van der Waals surface area contributed by atoms with Crippen LogP contribution in [0.4, 0.5) is 10.7 Å². The van der Waals surface area contributed by atoms with Gasteiger partial charge in [0.05, 0.1) is 17.3 Å². The third-order valence-corrected chi connectivity index (χ3v) is 3.68. The molecule has 0 spiro atoms. The van der Waals surface area contributed by atoms with E-state index in [1.807, 2.05) is 13.1 Å². The fraction of sp³-hybridized carbons (Fsp3) is 0.583. The lowest BCUT2D eigenvalue weighted by atomic mass is 10.3. The normalized spacial score (nSPS) is 10.3. The zero-order valence-corrected chi connectivity index (χ0v) is 11.5. The standard InChI is InChI=1S/C12H20N2O2S/c1-4-6-7-14(3)10-8-9(13)11(17-10)12(15)16-5-2/h8H,4-7,13H2,1-3H3. The summed E-state index contributed by atoms with van der Waals surface area (Å²) < 4.78 is 4.96. The molecule has 96 valence electrons. The zero-order valence-electron chi connectivity index (χ0n) is 10.7. The van der Waals surface area contributed by atoms with Crippen LogP contribution in [0.3, 0.4) is 0 Å². The van der Waals surface area contributed by atoms with E-state index < -0.39 is 0 Å². The van der Waals surface area contributed by atoms with Gasteiger partial charge in [-0.15, -0.1) is 11.3 Å². The number of ether oxygens (including phenoxy) is 1. The van der Waals surface area contributed by atoms with Gasteiger partial charge in [0.1, 0.15) is 4.88 Å². The molecule has 1 aromatic heterocycles. The van der Waals surface area contributed by atoms with Gasteiger partial charge in [-0.3, -0.25) is 0 Å². The minimum absolute atomic E-state index is 0.329. The molecule has 1 aromatic rings. The molecule has 17 heavy (non-hydrogen) atoms. The van der Waals surface area contributed by atoms with E-state index in [4.69, 9.17) is 10.5 Å². The number of hydrogen-bond acceptors (Lipinski definition) is 5. The molecule has 4 nitrogen and oxygen atoms in total. The largest absolute Gasteiger partial charge is 0.462 e. The Morgan fingerprint density at radius 3 is 2.82 bits per heavy atom. The van der Waals surface area contributed by atoms with Gasteiger partial charge in [-0.2, -0.15) is 0 Å². The summed E-state index contributed by atoms with van der Waals surface area (Å²) in [4.78, 5) is 14.2. The second-order valence-corrected chi connectivity index (χ2v) is 4.90. The smallest absolute Gasteiger partial charge is 0.350 e. The van der Waals surface area contributed by atoms with E-state index in [9.17, 15) is 4.79 Å². The monoisotopic (exact) mass is 256 g/mol. The fourth-order valence-electron chi connectivity index (χ4n) is 1.44. The highest BCUT2D eigenvalue weighted by atomic mass is 32.1. The first-order valence-corrected chi connectivity index (χ1v) is 6.69. The zero-order chi connectivity index (χ0) is 12.8. The van der Waals surface area contributed by atoms with Gasteiger partial charge in [0.2, 0.25) is 0 Å². The Hall–Kier alpha value is -1.23. The van der Waals surface area contributed by atoms with Crippen LogP contribution in [-0.4, -0.2) is 26.2 Å². The van der Waals surface area contributed by atoms with E-state index in [1.165, 1.54) is 11.3 Å². The van der Waals surface area contributed by atoms with Crippen LogP contribution >= 0.6 is 11.3 Å². The van der Waals surface area contributed by atoms with Gasteiger partial charge in [0.15, 0.2) is 0 Å². The summed E-state index contributed by atoms with van der Waals surface area (Å²) in [6.07, 6.45) is 2.28. The fourth-order valence-corrected chi connectivity index (χ4v) is 2.40. The molecule has 0 aliphatic rings. The van der Waals surface area contributed by atoms with Gasteiger partial charge in [0, 0.05) is 13.6 Å². The van der Waals surface area contributed by atoms with Gasteiger partial charge in [0.25, 0.3) is 0 Å². The van der Waals surface area contributed by atoms with E-state index in [1.54, 1.807) is 6.92 Å². The molecule has 0 aromatic carbocycles. The van der Waals surface area contributed by atoms with Crippen molar-refractivity contribution in [2.75, 3.05) is 30.8 Å². The van der Waals surface area contributed by atoms with Crippen molar-refractivity contribution < 1.29 is 9.53 Å². The molecule has 0 aliphatic heterocycles. The second kappa shape index (κ2) is 6.49.